The zero-order chi connectivity index (χ0) is 6.41. The Hall–Kier alpha value is 0.686. The van der Waals surface area contributed by atoms with E-state index in [2.05, 4.69) is 6.92 Å². The van der Waals surface area contributed by atoms with Crippen molar-refractivity contribution in [3.63, 3.8) is 0 Å². The Morgan fingerprint density at radius 2 is 1.89 bits per heavy atom. The molecule has 0 saturated heterocycles. The van der Waals surface area contributed by atoms with E-state index in [4.69, 9.17) is 10.2 Å². The van der Waals surface area contributed by atoms with Crippen LogP contribution in [0.1, 0.15) is 35.5 Å². The monoisotopic (exact) mass is 144 g/mol. The van der Waals surface area contributed by atoms with Crippen LogP contribution in [0.5, 0.6) is 0 Å². The number of hydrogen-bond donors (Lipinski definition) is 2. The molecule has 0 unspecified atom stereocenters. The summed E-state index contributed by atoms with van der Waals surface area (Å²) in [5.41, 5.74) is 0. The first-order valence-corrected chi connectivity index (χ1v) is 3.13. The molecule has 0 aliphatic rings. The fourth-order valence-corrected chi connectivity index (χ4v) is 0.577. The van der Waals surface area contributed by atoms with Crippen LogP contribution in [0.4, 0.5) is 0 Å². The van der Waals surface area contributed by atoms with Gasteiger partial charge in [0.1, 0.15) is 0 Å². The number of rotatable bonds is 4. The Labute approximate surface area is 75.4 Å². The Morgan fingerprint density at radius 1 is 1.33 bits per heavy atom. The van der Waals surface area contributed by atoms with Gasteiger partial charge in [-0.1, -0.05) is 19.8 Å². The van der Waals surface area contributed by atoms with Gasteiger partial charge in [-0.05, 0) is 12.8 Å². The van der Waals surface area contributed by atoms with E-state index >= 15 is 0 Å². The summed E-state index contributed by atoms with van der Waals surface area (Å²) in [6, 6.07) is 0. The summed E-state index contributed by atoms with van der Waals surface area (Å²) in [6.45, 7) is 2.09. The van der Waals surface area contributed by atoms with Crippen molar-refractivity contribution in [2.45, 2.75) is 38.9 Å². The quantitative estimate of drug-likeness (QED) is 0.347. The van der Waals surface area contributed by atoms with Crippen molar-refractivity contribution in [2.75, 3.05) is 0 Å². The molecule has 0 heterocycles. The summed E-state index contributed by atoms with van der Waals surface area (Å²) < 4.78 is 0. The molecule has 9 heavy (non-hydrogen) atoms. The normalized spacial score (nSPS) is 9.33. The molecule has 0 saturated carbocycles. The van der Waals surface area contributed by atoms with Crippen LogP contribution in [0.2, 0.25) is 0 Å². The molecule has 0 rings (SSSR count). The van der Waals surface area contributed by atoms with E-state index in [0.717, 1.165) is 19.3 Å². The van der Waals surface area contributed by atoms with Crippen LogP contribution >= 0.6 is 0 Å². The third kappa shape index (κ3) is 12.0. The van der Waals surface area contributed by atoms with Gasteiger partial charge in [0.2, 0.25) is 0 Å². The number of unbranched alkanes of at least 4 members (excludes halogenated alkanes) is 2. The molecule has 0 atom stereocenters. The largest absolute Gasteiger partial charge is 2.00 e. The molecular formula is C6H16MgO2. The minimum atomic E-state index is -1.10. The van der Waals surface area contributed by atoms with Gasteiger partial charge in [-0.25, -0.2) is 0 Å². The SMILES string of the molecule is CCCCCC(O)O.[H-].[H-].[Mg+2]. The fourth-order valence-electron chi connectivity index (χ4n) is 0.577. The molecule has 2 nitrogen and oxygen atoms in total. The van der Waals surface area contributed by atoms with Gasteiger partial charge in [0.25, 0.3) is 0 Å². The summed E-state index contributed by atoms with van der Waals surface area (Å²) in [6.07, 6.45) is 2.58. The molecule has 0 spiro atoms. The minimum Gasteiger partial charge on any atom is -1.00 e. The molecule has 0 aliphatic heterocycles. The van der Waals surface area contributed by atoms with E-state index in [0.29, 0.717) is 6.42 Å². The van der Waals surface area contributed by atoms with Crippen LogP contribution in [0.3, 0.4) is 0 Å². The predicted octanol–water partition coefficient (Wildman–Crippen LogP) is 0.722. The zero-order valence-corrected chi connectivity index (χ0v) is 7.42. The van der Waals surface area contributed by atoms with Crippen molar-refractivity contribution >= 4 is 23.1 Å². The van der Waals surface area contributed by atoms with Crippen molar-refractivity contribution in [3.8, 4) is 0 Å². The number of aliphatic hydroxyl groups is 2. The second-order valence-corrected chi connectivity index (χ2v) is 1.98. The van der Waals surface area contributed by atoms with Crippen molar-refractivity contribution in [3.05, 3.63) is 0 Å². The van der Waals surface area contributed by atoms with E-state index in [1.165, 1.54) is 0 Å². The zero-order valence-electron chi connectivity index (χ0n) is 8.01. The average molecular weight is 144 g/mol. The van der Waals surface area contributed by atoms with E-state index in [9.17, 15) is 0 Å². The summed E-state index contributed by atoms with van der Waals surface area (Å²) in [5.74, 6) is 0. The first kappa shape index (κ1) is 12.4. The maximum atomic E-state index is 8.33. The second kappa shape index (κ2) is 8.69. The molecular weight excluding hydrogens is 128 g/mol. The van der Waals surface area contributed by atoms with Crippen LogP contribution in [-0.4, -0.2) is 39.6 Å². The molecule has 0 aromatic heterocycles. The van der Waals surface area contributed by atoms with Gasteiger partial charge in [0.05, 0.1) is 0 Å². The Balaban J connectivity index is -0.0000000817. The van der Waals surface area contributed by atoms with Gasteiger partial charge in [0, 0.05) is 0 Å². The van der Waals surface area contributed by atoms with E-state index in [1.54, 1.807) is 0 Å². The van der Waals surface area contributed by atoms with Crippen molar-refractivity contribution in [1.82, 2.24) is 0 Å². The predicted molar refractivity (Wildman–Crippen MR) is 40.3 cm³/mol. The van der Waals surface area contributed by atoms with Gasteiger partial charge < -0.3 is 13.1 Å². The molecule has 0 fully saturated rings. The summed E-state index contributed by atoms with van der Waals surface area (Å²) in [5, 5.41) is 16.7. The van der Waals surface area contributed by atoms with Crippen LogP contribution < -0.4 is 0 Å². The molecule has 0 radical (unpaired) electrons. The van der Waals surface area contributed by atoms with Crippen LogP contribution in [0.25, 0.3) is 0 Å². The molecule has 0 bridgehead atoms. The van der Waals surface area contributed by atoms with Crippen molar-refractivity contribution in [1.29, 1.82) is 0 Å². The third-order valence-corrected chi connectivity index (χ3v) is 1.07. The maximum absolute atomic E-state index is 8.33. The second-order valence-electron chi connectivity index (χ2n) is 1.98. The van der Waals surface area contributed by atoms with Gasteiger partial charge in [-0.3, -0.25) is 0 Å². The molecule has 0 aromatic rings. The Morgan fingerprint density at radius 3 is 2.22 bits per heavy atom. The molecule has 54 valence electrons. The minimum absolute atomic E-state index is 0. The van der Waals surface area contributed by atoms with Crippen molar-refractivity contribution < 1.29 is 13.1 Å². The van der Waals surface area contributed by atoms with Crippen molar-refractivity contribution in [2.24, 2.45) is 0 Å². The number of aliphatic hydroxyl groups excluding tert-OH is 1. The maximum Gasteiger partial charge on any atom is 2.00 e. The molecule has 2 N–H and O–H groups in total. The summed E-state index contributed by atoms with van der Waals surface area (Å²) in [7, 11) is 0. The topological polar surface area (TPSA) is 40.5 Å². The van der Waals surface area contributed by atoms with E-state index in [1.807, 2.05) is 0 Å². The average Bonchev–Trinajstić information content (AvgIpc) is 1.66. The standard InChI is InChI=1S/C6H14O2.Mg.2H/c1-2-3-4-5-6(7)8;;;/h6-8H,2-5H2,1H3;;;/q;+2;2*-1. The molecule has 0 amide bonds. The smallest absolute Gasteiger partial charge is 1.00 e. The first-order chi connectivity index (χ1) is 3.77. The first-order valence-electron chi connectivity index (χ1n) is 3.13. The Bertz CT molecular complexity index is 55.8. The molecule has 0 aromatic carbocycles. The summed E-state index contributed by atoms with van der Waals surface area (Å²) >= 11 is 0. The van der Waals surface area contributed by atoms with Crippen LogP contribution in [-0.2, 0) is 0 Å². The van der Waals surface area contributed by atoms with Gasteiger partial charge in [0.15, 0.2) is 6.29 Å². The molecule has 3 heteroatoms. The summed E-state index contributed by atoms with van der Waals surface area (Å²) in [4.78, 5) is 0. The van der Waals surface area contributed by atoms with Crippen LogP contribution in [0.15, 0.2) is 0 Å². The van der Waals surface area contributed by atoms with E-state index < -0.39 is 6.29 Å². The fraction of sp³-hybridized carbons (Fsp3) is 1.00. The van der Waals surface area contributed by atoms with E-state index in [-0.39, 0.29) is 25.9 Å². The molecule has 0 aliphatic carbocycles. The van der Waals surface area contributed by atoms with Gasteiger partial charge >= 0.3 is 23.1 Å². The third-order valence-electron chi connectivity index (χ3n) is 1.07. The van der Waals surface area contributed by atoms with Gasteiger partial charge in [-0.2, -0.15) is 0 Å². The number of hydrogen-bond acceptors (Lipinski definition) is 2. The van der Waals surface area contributed by atoms with Gasteiger partial charge in [-0.15, -0.1) is 0 Å². The van der Waals surface area contributed by atoms with Crippen LogP contribution in [0, 0.1) is 0 Å². The Kier molecular flexibility index (Phi) is 11.9.